The molecule has 0 atom stereocenters. The predicted octanol–water partition coefficient (Wildman–Crippen LogP) is 3.52. The van der Waals surface area contributed by atoms with E-state index in [9.17, 15) is 4.39 Å². The van der Waals surface area contributed by atoms with E-state index >= 15 is 0 Å². The second kappa shape index (κ2) is 5.69. The molecule has 0 unspecified atom stereocenters. The van der Waals surface area contributed by atoms with Gasteiger partial charge in [0.2, 0.25) is 0 Å². The molecule has 0 amide bonds. The number of nitrogens with two attached hydrogens (primary N) is 1. The fraction of sp³-hybridized carbons (Fsp3) is 0.400. The lowest BCUT2D eigenvalue weighted by molar-refractivity contribution is 0.600. The molecule has 0 heterocycles. The minimum Gasteiger partial charge on any atom is -0.330 e. The Bertz CT molecular complexity index is 317. The van der Waals surface area contributed by atoms with Gasteiger partial charge < -0.3 is 5.73 Å². The number of hydrogen-bond donors (Lipinski definition) is 1. The van der Waals surface area contributed by atoms with Crippen LogP contribution < -0.4 is 5.73 Å². The summed E-state index contributed by atoms with van der Waals surface area (Å²) in [6.07, 6.45) is 2.40. The van der Waals surface area contributed by atoms with Crippen LogP contribution in [0.3, 0.4) is 0 Å². The lowest BCUT2D eigenvalue weighted by atomic mass is 10.1. The van der Waals surface area contributed by atoms with Crippen LogP contribution in [0.15, 0.2) is 16.6 Å². The Morgan fingerprint density at radius 3 is 2.71 bits per heavy atom. The van der Waals surface area contributed by atoms with Gasteiger partial charge in [-0.2, -0.15) is 0 Å². The van der Waals surface area contributed by atoms with Gasteiger partial charge in [-0.1, -0.05) is 11.6 Å². The SMILES string of the molecule is NCCCCc1c(F)ccc(Br)c1Cl. The number of rotatable bonds is 4. The predicted molar refractivity (Wildman–Crippen MR) is 61.1 cm³/mol. The lowest BCUT2D eigenvalue weighted by Gasteiger charge is -2.06. The summed E-state index contributed by atoms with van der Waals surface area (Å²) in [4.78, 5) is 0. The van der Waals surface area contributed by atoms with Crippen LogP contribution in [0.5, 0.6) is 0 Å². The summed E-state index contributed by atoms with van der Waals surface area (Å²) in [6, 6.07) is 3.04. The first-order chi connectivity index (χ1) is 6.66. The third-order valence-electron chi connectivity index (χ3n) is 2.02. The van der Waals surface area contributed by atoms with Gasteiger partial charge in [-0.3, -0.25) is 0 Å². The Kier molecular flexibility index (Phi) is 4.85. The second-order valence-corrected chi connectivity index (χ2v) is 4.30. The van der Waals surface area contributed by atoms with Crippen LogP contribution in [0.25, 0.3) is 0 Å². The highest BCUT2D eigenvalue weighted by Gasteiger charge is 2.09. The maximum Gasteiger partial charge on any atom is 0.127 e. The van der Waals surface area contributed by atoms with Gasteiger partial charge in [-0.15, -0.1) is 0 Å². The van der Waals surface area contributed by atoms with E-state index in [-0.39, 0.29) is 5.82 Å². The molecule has 0 aromatic heterocycles. The minimum atomic E-state index is -0.241. The Morgan fingerprint density at radius 1 is 1.36 bits per heavy atom. The zero-order valence-electron chi connectivity index (χ0n) is 7.69. The van der Waals surface area contributed by atoms with Gasteiger partial charge in [0.25, 0.3) is 0 Å². The molecule has 1 nitrogen and oxygen atoms in total. The van der Waals surface area contributed by atoms with E-state index in [0.717, 1.165) is 17.3 Å². The molecule has 0 aliphatic carbocycles. The molecule has 1 rings (SSSR count). The van der Waals surface area contributed by atoms with Gasteiger partial charge in [0, 0.05) is 10.0 Å². The van der Waals surface area contributed by atoms with Crippen molar-refractivity contribution in [2.24, 2.45) is 5.73 Å². The van der Waals surface area contributed by atoms with Crippen molar-refractivity contribution < 1.29 is 4.39 Å². The van der Waals surface area contributed by atoms with Gasteiger partial charge in [0.05, 0.1) is 5.02 Å². The van der Waals surface area contributed by atoms with Gasteiger partial charge in [-0.05, 0) is 53.9 Å². The van der Waals surface area contributed by atoms with E-state index in [4.69, 9.17) is 17.3 Å². The monoisotopic (exact) mass is 279 g/mol. The highest BCUT2D eigenvalue weighted by molar-refractivity contribution is 9.10. The maximum atomic E-state index is 13.3. The molecule has 0 aliphatic rings. The van der Waals surface area contributed by atoms with Crippen molar-refractivity contribution >= 4 is 27.5 Å². The smallest absolute Gasteiger partial charge is 0.127 e. The van der Waals surface area contributed by atoms with Gasteiger partial charge in [0.15, 0.2) is 0 Å². The van der Waals surface area contributed by atoms with E-state index in [2.05, 4.69) is 15.9 Å². The van der Waals surface area contributed by atoms with Crippen molar-refractivity contribution in [3.63, 3.8) is 0 Å². The molecule has 1 aromatic rings. The van der Waals surface area contributed by atoms with Crippen LogP contribution in [-0.4, -0.2) is 6.54 Å². The van der Waals surface area contributed by atoms with Crippen molar-refractivity contribution in [3.8, 4) is 0 Å². The normalized spacial score (nSPS) is 10.6. The summed E-state index contributed by atoms with van der Waals surface area (Å²) in [5.74, 6) is -0.241. The molecule has 78 valence electrons. The van der Waals surface area contributed by atoms with Gasteiger partial charge in [-0.25, -0.2) is 4.39 Å². The molecule has 0 saturated heterocycles. The van der Waals surface area contributed by atoms with E-state index < -0.39 is 0 Å². The molecule has 2 N–H and O–H groups in total. The zero-order chi connectivity index (χ0) is 10.6. The summed E-state index contributed by atoms with van der Waals surface area (Å²) >= 11 is 9.23. The van der Waals surface area contributed by atoms with Crippen molar-refractivity contribution in [1.82, 2.24) is 0 Å². The Balaban J connectivity index is 2.79. The van der Waals surface area contributed by atoms with E-state index in [1.165, 1.54) is 6.07 Å². The molecular weight excluding hydrogens is 268 g/mol. The fourth-order valence-electron chi connectivity index (χ4n) is 1.24. The first kappa shape index (κ1) is 12.0. The molecule has 0 radical (unpaired) electrons. The van der Waals surface area contributed by atoms with Crippen LogP contribution in [-0.2, 0) is 6.42 Å². The van der Waals surface area contributed by atoms with Crippen molar-refractivity contribution in [1.29, 1.82) is 0 Å². The van der Waals surface area contributed by atoms with Crippen LogP contribution in [0.2, 0.25) is 5.02 Å². The molecule has 0 aliphatic heterocycles. The van der Waals surface area contributed by atoms with Crippen LogP contribution >= 0.6 is 27.5 Å². The third-order valence-corrected chi connectivity index (χ3v) is 3.34. The molecule has 1 aromatic carbocycles. The molecule has 4 heteroatoms. The molecule has 0 fully saturated rings. The lowest BCUT2D eigenvalue weighted by Crippen LogP contribution is -2.00. The van der Waals surface area contributed by atoms with Crippen LogP contribution in [0.4, 0.5) is 4.39 Å². The molecule has 0 spiro atoms. The number of halogens is 3. The number of unbranched alkanes of at least 4 members (excludes halogenated alkanes) is 1. The summed E-state index contributed by atoms with van der Waals surface area (Å²) in [6.45, 7) is 0.632. The van der Waals surface area contributed by atoms with Crippen molar-refractivity contribution in [2.75, 3.05) is 6.54 Å². The Hall–Kier alpha value is -0.120. The highest BCUT2D eigenvalue weighted by Crippen LogP contribution is 2.29. The van der Waals surface area contributed by atoms with Gasteiger partial charge >= 0.3 is 0 Å². The second-order valence-electron chi connectivity index (χ2n) is 3.07. The summed E-state index contributed by atoms with van der Waals surface area (Å²) in [5, 5.41) is 0.474. The first-order valence-corrected chi connectivity index (χ1v) is 5.66. The van der Waals surface area contributed by atoms with E-state index in [1.807, 2.05) is 0 Å². The molecule has 0 bridgehead atoms. The largest absolute Gasteiger partial charge is 0.330 e. The van der Waals surface area contributed by atoms with Gasteiger partial charge in [0.1, 0.15) is 5.82 Å². The highest BCUT2D eigenvalue weighted by atomic mass is 79.9. The third kappa shape index (κ3) is 2.94. The van der Waals surface area contributed by atoms with Crippen molar-refractivity contribution in [3.05, 3.63) is 33.0 Å². The topological polar surface area (TPSA) is 26.0 Å². The minimum absolute atomic E-state index is 0.241. The van der Waals surface area contributed by atoms with Crippen molar-refractivity contribution in [2.45, 2.75) is 19.3 Å². The summed E-state index contributed by atoms with van der Waals surface area (Å²) in [5.41, 5.74) is 5.94. The Morgan fingerprint density at radius 2 is 2.07 bits per heavy atom. The fourth-order valence-corrected chi connectivity index (χ4v) is 1.86. The summed E-state index contributed by atoms with van der Waals surface area (Å²) in [7, 11) is 0. The first-order valence-electron chi connectivity index (χ1n) is 4.49. The molecule has 0 saturated carbocycles. The maximum absolute atomic E-state index is 13.3. The number of benzene rings is 1. The standard InChI is InChI=1S/C10H12BrClFN/c11-8-4-5-9(13)7(10(8)12)3-1-2-6-14/h4-5H,1-3,6,14H2. The molecule has 14 heavy (non-hydrogen) atoms. The van der Waals surface area contributed by atoms with Crippen LogP contribution in [0.1, 0.15) is 18.4 Å². The van der Waals surface area contributed by atoms with E-state index in [1.54, 1.807) is 6.07 Å². The molecular formula is C10H12BrClFN. The van der Waals surface area contributed by atoms with E-state index in [0.29, 0.717) is 23.6 Å². The Labute approximate surface area is 96.6 Å². The average Bonchev–Trinajstić information content (AvgIpc) is 2.18. The zero-order valence-corrected chi connectivity index (χ0v) is 10.0. The quantitative estimate of drug-likeness (QED) is 0.663. The average molecular weight is 281 g/mol. The van der Waals surface area contributed by atoms with Crippen LogP contribution in [0, 0.1) is 5.82 Å². The number of hydrogen-bond acceptors (Lipinski definition) is 1. The summed E-state index contributed by atoms with van der Waals surface area (Å²) < 4.78 is 14.1.